The van der Waals surface area contributed by atoms with Gasteiger partial charge in [0.2, 0.25) is 0 Å². The molecular formula is C14H13NO4. The molecule has 1 N–H and O–H groups in total. The number of carbonyl (C=O) groups excluding carboxylic acids is 1. The van der Waals surface area contributed by atoms with Crippen molar-refractivity contribution in [1.29, 1.82) is 0 Å². The molecule has 0 aliphatic heterocycles. The number of hydrogen-bond donors (Lipinski definition) is 1. The van der Waals surface area contributed by atoms with E-state index in [1.165, 1.54) is 30.9 Å². The zero-order valence-electron chi connectivity index (χ0n) is 10.6. The Labute approximate surface area is 110 Å². The largest absolute Gasteiger partial charge is 0.495 e. The Morgan fingerprint density at radius 2 is 1.95 bits per heavy atom. The summed E-state index contributed by atoms with van der Waals surface area (Å²) in [5, 5.41) is 9.21. The number of ether oxygens (including phenoxy) is 1. The van der Waals surface area contributed by atoms with Crippen LogP contribution in [-0.4, -0.2) is 28.5 Å². The molecule has 2 rings (SSSR count). The third kappa shape index (κ3) is 2.35. The number of aromatic carboxylic acids is 1. The molecule has 2 aromatic rings. The van der Waals surface area contributed by atoms with Crippen LogP contribution in [0.2, 0.25) is 0 Å². The molecule has 0 aliphatic rings. The molecule has 0 aliphatic carbocycles. The summed E-state index contributed by atoms with van der Waals surface area (Å²) in [5.41, 5.74) is 0.952. The normalized spacial score (nSPS) is 10.2. The Hall–Kier alpha value is -2.56. The average Bonchev–Trinajstić information content (AvgIpc) is 2.83. The van der Waals surface area contributed by atoms with Crippen LogP contribution in [0.25, 0.3) is 5.69 Å². The first-order valence-corrected chi connectivity index (χ1v) is 5.64. The van der Waals surface area contributed by atoms with Crippen molar-refractivity contribution in [3.8, 4) is 11.4 Å². The third-order valence-electron chi connectivity index (χ3n) is 2.79. The van der Waals surface area contributed by atoms with Crippen LogP contribution in [0, 0.1) is 0 Å². The van der Waals surface area contributed by atoms with Gasteiger partial charge in [-0.1, -0.05) is 12.1 Å². The van der Waals surface area contributed by atoms with E-state index < -0.39 is 5.97 Å². The van der Waals surface area contributed by atoms with Gasteiger partial charge in [0.25, 0.3) is 0 Å². The number of nitrogens with zero attached hydrogens (tertiary/aromatic N) is 1. The van der Waals surface area contributed by atoms with Gasteiger partial charge in [-0.15, -0.1) is 0 Å². The molecule has 1 heterocycles. The molecular weight excluding hydrogens is 246 g/mol. The molecule has 0 bridgehead atoms. The second-order valence-electron chi connectivity index (χ2n) is 4.02. The number of rotatable bonds is 4. The molecule has 0 fully saturated rings. The van der Waals surface area contributed by atoms with Crippen molar-refractivity contribution in [2.24, 2.45) is 0 Å². The van der Waals surface area contributed by atoms with Gasteiger partial charge in [-0.25, -0.2) is 4.79 Å². The summed E-state index contributed by atoms with van der Waals surface area (Å²) in [4.78, 5) is 22.6. The van der Waals surface area contributed by atoms with Crippen LogP contribution in [0.4, 0.5) is 0 Å². The number of para-hydroxylation sites is 2. The third-order valence-corrected chi connectivity index (χ3v) is 2.79. The molecule has 1 aromatic heterocycles. The van der Waals surface area contributed by atoms with E-state index in [9.17, 15) is 14.7 Å². The number of hydrogen-bond acceptors (Lipinski definition) is 3. The smallest absolute Gasteiger partial charge is 0.352 e. The van der Waals surface area contributed by atoms with Gasteiger partial charge in [0.05, 0.1) is 12.8 Å². The van der Waals surface area contributed by atoms with Crippen LogP contribution >= 0.6 is 0 Å². The maximum absolute atomic E-state index is 11.4. The van der Waals surface area contributed by atoms with Crippen LogP contribution in [-0.2, 0) is 0 Å². The molecule has 0 unspecified atom stereocenters. The predicted octanol–water partition coefficient (Wildman–Crippen LogP) is 2.39. The SMILES string of the molecule is COc1ccccc1-n1cc(C(C)=O)cc1C(=O)O. The highest BCUT2D eigenvalue weighted by Gasteiger charge is 2.17. The summed E-state index contributed by atoms with van der Waals surface area (Å²) in [6.45, 7) is 1.40. The maximum Gasteiger partial charge on any atom is 0.352 e. The van der Waals surface area contributed by atoms with Crippen molar-refractivity contribution in [1.82, 2.24) is 4.57 Å². The zero-order valence-corrected chi connectivity index (χ0v) is 10.6. The van der Waals surface area contributed by atoms with Gasteiger partial charge in [-0.05, 0) is 25.1 Å². The lowest BCUT2D eigenvalue weighted by molar-refractivity contribution is 0.0688. The van der Waals surface area contributed by atoms with Gasteiger partial charge in [0, 0.05) is 11.8 Å². The van der Waals surface area contributed by atoms with E-state index in [1.807, 2.05) is 0 Å². The molecule has 1 aromatic carbocycles. The van der Waals surface area contributed by atoms with Gasteiger partial charge in [0.15, 0.2) is 5.78 Å². The number of Topliss-reactive ketones (excluding diaryl/α,β-unsaturated/α-hetero) is 1. The Morgan fingerprint density at radius 3 is 2.53 bits per heavy atom. The van der Waals surface area contributed by atoms with E-state index in [2.05, 4.69) is 0 Å². The minimum Gasteiger partial charge on any atom is -0.495 e. The van der Waals surface area contributed by atoms with Gasteiger partial charge in [-0.2, -0.15) is 0 Å². The minimum atomic E-state index is -1.10. The van der Waals surface area contributed by atoms with E-state index in [0.29, 0.717) is 17.0 Å². The number of aromatic nitrogens is 1. The topological polar surface area (TPSA) is 68.5 Å². The van der Waals surface area contributed by atoms with Crippen LogP contribution < -0.4 is 4.74 Å². The summed E-state index contributed by atoms with van der Waals surface area (Å²) >= 11 is 0. The molecule has 0 atom stereocenters. The summed E-state index contributed by atoms with van der Waals surface area (Å²) in [6, 6.07) is 8.38. The number of carboxylic acids is 1. The molecule has 5 heteroatoms. The highest BCUT2D eigenvalue weighted by molar-refractivity contribution is 5.97. The Kier molecular flexibility index (Phi) is 3.37. The second-order valence-corrected chi connectivity index (χ2v) is 4.02. The van der Waals surface area contributed by atoms with Crippen LogP contribution in [0.5, 0.6) is 5.75 Å². The van der Waals surface area contributed by atoms with E-state index in [4.69, 9.17) is 4.74 Å². The molecule has 0 saturated heterocycles. The fourth-order valence-electron chi connectivity index (χ4n) is 1.85. The second kappa shape index (κ2) is 4.97. The number of methoxy groups -OCH3 is 1. The fourth-order valence-corrected chi connectivity index (χ4v) is 1.85. The highest BCUT2D eigenvalue weighted by atomic mass is 16.5. The van der Waals surface area contributed by atoms with E-state index >= 15 is 0 Å². The first kappa shape index (κ1) is 12.9. The lowest BCUT2D eigenvalue weighted by atomic mass is 10.2. The van der Waals surface area contributed by atoms with Crippen molar-refractivity contribution in [2.45, 2.75) is 6.92 Å². The molecule has 0 amide bonds. The number of benzene rings is 1. The van der Waals surface area contributed by atoms with Crippen molar-refractivity contribution in [3.05, 3.63) is 47.8 Å². The number of carboxylic acid groups (broad SMARTS) is 1. The van der Waals surface area contributed by atoms with Crippen molar-refractivity contribution in [3.63, 3.8) is 0 Å². The van der Waals surface area contributed by atoms with Gasteiger partial charge >= 0.3 is 5.97 Å². The van der Waals surface area contributed by atoms with Crippen molar-refractivity contribution < 1.29 is 19.4 Å². The van der Waals surface area contributed by atoms with E-state index in [1.54, 1.807) is 24.3 Å². The molecule has 98 valence electrons. The molecule has 0 spiro atoms. The van der Waals surface area contributed by atoms with Gasteiger partial charge in [0.1, 0.15) is 11.4 Å². The van der Waals surface area contributed by atoms with Gasteiger partial charge < -0.3 is 14.4 Å². The lowest BCUT2D eigenvalue weighted by Gasteiger charge is -2.10. The monoisotopic (exact) mass is 259 g/mol. The summed E-state index contributed by atoms with van der Waals surface area (Å²) < 4.78 is 6.65. The number of ketones is 1. The number of carbonyl (C=O) groups is 2. The molecule has 5 nitrogen and oxygen atoms in total. The van der Waals surface area contributed by atoms with E-state index in [-0.39, 0.29) is 11.5 Å². The fraction of sp³-hybridized carbons (Fsp3) is 0.143. The standard InChI is InChI=1S/C14H13NO4/c1-9(16)10-7-12(14(17)18)15(8-10)11-5-3-4-6-13(11)19-2/h3-8H,1-2H3,(H,17,18). The Bertz CT molecular complexity index is 643. The highest BCUT2D eigenvalue weighted by Crippen LogP contribution is 2.25. The van der Waals surface area contributed by atoms with Crippen LogP contribution in [0.1, 0.15) is 27.8 Å². The quantitative estimate of drug-likeness (QED) is 0.856. The molecule has 19 heavy (non-hydrogen) atoms. The maximum atomic E-state index is 11.4. The first-order chi connectivity index (χ1) is 9.04. The average molecular weight is 259 g/mol. The van der Waals surface area contributed by atoms with Gasteiger partial charge in [-0.3, -0.25) is 4.79 Å². The van der Waals surface area contributed by atoms with Crippen molar-refractivity contribution >= 4 is 11.8 Å². The molecule has 0 radical (unpaired) electrons. The predicted molar refractivity (Wildman–Crippen MR) is 69.3 cm³/mol. The minimum absolute atomic E-state index is 0.0229. The lowest BCUT2D eigenvalue weighted by Crippen LogP contribution is -2.06. The van der Waals surface area contributed by atoms with Crippen LogP contribution in [0.15, 0.2) is 36.5 Å². The zero-order chi connectivity index (χ0) is 14.0. The summed E-state index contributed by atoms with van der Waals surface area (Å²) in [7, 11) is 1.51. The van der Waals surface area contributed by atoms with Crippen LogP contribution in [0.3, 0.4) is 0 Å². The Morgan fingerprint density at radius 1 is 1.26 bits per heavy atom. The summed E-state index contributed by atoms with van der Waals surface area (Å²) in [5.74, 6) is -0.745. The summed E-state index contributed by atoms with van der Waals surface area (Å²) in [6.07, 6.45) is 1.50. The molecule has 0 saturated carbocycles. The van der Waals surface area contributed by atoms with Crippen molar-refractivity contribution in [2.75, 3.05) is 7.11 Å². The first-order valence-electron chi connectivity index (χ1n) is 5.64. The van der Waals surface area contributed by atoms with E-state index in [0.717, 1.165) is 0 Å². The Balaban J connectivity index is 2.66.